The van der Waals surface area contributed by atoms with E-state index in [9.17, 15) is 4.79 Å². The summed E-state index contributed by atoms with van der Waals surface area (Å²) in [5.74, 6) is 0.534. The molecule has 1 saturated heterocycles. The molecular weight excluding hydrogens is 294 g/mol. The zero-order valence-corrected chi connectivity index (χ0v) is 13.4. The van der Waals surface area contributed by atoms with Gasteiger partial charge in [-0.2, -0.15) is 0 Å². The lowest BCUT2D eigenvalue weighted by Gasteiger charge is -2.31. The first kappa shape index (κ1) is 15.7. The first-order chi connectivity index (χ1) is 11.2. The highest BCUT2D eigenvalue weighted by atomic mass is 16.5. The number of ether oxygens (including phenoxy) is 1. The van der Waals surface area contributed by atoms with Crippen molar-refractivity contribution in [2.24, 2.45) is 0 Å². The summed E-state index contributed by atoms with van der Waals surface area (Å²) in [7, 11) is 1.62. The molecule has 0 aliphatic carbocycles. The van der Waals surface area contributed by atoms with Crippen LogP contribution in [-0.2, 0) is 16.1 Å². The number of nitrogens with one attached hydrogen (secondary N) is 1. The van der Waals surface area contributed by atoms with Crippen molar-refractivity contribution in [1.82, 2.24) is 15.2 Å². The highest BCUT2D eigenvalue weighted by molar-refractivity contribution is 5.80. The summed E-state index contributed by atoms with van der Waals surface area (Å²) >= 11 is 0. The van der Waals surface area contributed by atoms with E-state index < -0.39 is 6.10 Å². The number of carbonyl (C=O) groups excluding carboxylic acids is 1. The third-order valence-corrected chi connectivity index (χ3v) is 3.93. The predicted octanol–water partition coefficient (Wildman–Crippen LogP) is 1.60. The fourth-order valence-electron chi connectivity index (χ4n) is 2.60. The second kappa shape index (κ2) is 6.93. The van der Waals surface area contributed by atoms with Crippen molar-refractivity contribution in [1.29, 1.82) is 0 Å². The average molecular weight is 315 g/mol. The minimum absolute atomic E-state index is 0.0878. The maximum Gasteiger partial charge on any atom is 0.250 e. The molecule has 0 bridgehead atoms. The Morgan fingerprint density at radius 2 is 2.17 bits per heavy atom. The van der Waals surface area contributed by atoms with Crippen LogP contribution in [0, 0.1) is 6.92 Å². The van der Waals surface area contributed by atoms with Gasteiger partial charge in [0.2, 0.25) is 11.8 Å². The molecule has 122 valence electrons. The number of likely N-dealkylation sites (N-methyl/N-ethyl adjacent to an activating group) is 1. The summed E-state index contributed by atoms with van der Waals surface area (Å²) in [5, 5.41) is 2.62. The van der Waals surface area contributed by atoms with Crippen molar-refractivity contribution in [2.45, 2.75) is 19.6 Å². The van der Waals surface area contributed by atoms with Crippen molar-refractivity contribution in [3.8, 4) is 11.5 Å². The van der Waals surface area contributed by atoms with Gasteiger partial charge in [-0.15, -0.1) is 0 Å². The molecule has 1 atom stereocenters. The first-order valence-corrected chi connectivity index (χ1v) is 7.72. The van der Waals surface area contributed by atoms with Crippen molar-refractivity contribution >= 4 is 5.91 Å². The van der Waals surface area contributed by atoms with Crippen LogP contribution in [0.3, 0.4) is 0 Å². The molecule has 2 heterocycles. The van der Waals surface area contributed by atoms with E-state index in [0.29, 0.717) is 25.6 Å². The Hall–Kier alpha value is -2.18. The van der Waals surface area contributed by atoms with E-state index in [-0.39, 0.29) is 5.91 Å². The van der Waals surface area contributed by atoms with Gasteiger partial charge >= 0.3 is 0 Å². The molecule has 1 aliphatic heterocycles. The lowest BCUT2D eigenvalue weighted by molar-refractivity contribution is -0.138. The maximum atomic E-state index is 11.7. The fraction of sp³-hybridized carbons (Fsp3) is 0.412. The molecule has 1 fully saturated rings. The molecule has 3 rings (SSSR count). The third kappa shape index (κ3) is 3.78. The number of benzene rings is 1. The Bertz CT molecular complexity index is 666. The molecule has 6 heteroatoms. The van der Waals surface area contributed by atoms with Crippen LogP contribution < -0.4 is 5.32 Å². The number of hydrogen-bond acceptors (Lipinski definition) is 5. The molecule has 0 spiro atoms. The van der Waals surface area contributed by atoms with Crippen molar-refractivity contribution in [3.05, 3.63) is 41.8 Å². The minimum Gasteiger partial charge on any atom is -0.444 e. The van der Waals surface area contributed by atoms with Crippen LogP contribution in [0.5, 0.6) is 0 Å². The van der Waals surface area contributed by atoms with Gasteiger partial charge in [-0.1, -0.05) is 17.7 Å². The van der Waals surface area contributed by atoms with Gasteiger partial charge in [0.15, 0.2) is 0 Å². The molecule has 6 nitrogen and oxygen atoms in total. The molecule has 1 aromatic carbocycles. The largest absolute Gasteiger partial charge is 0.444 e. The van der Waals surface area contributed by atoms with E-state index in [4.69, 9.17) is 9.15 Å². The topological polar surface area (TPSA) is 67.6 Å². The molecule has 1 aliphatic rings. The van der Waals surface area contributed by atoms with Crippen LogP contribution >= 0.6 is 0 Å². The van der Waals surface area contributed by atoms with E-state index in [0.717, 1.165) is 17.8 Å². The molecule has 23 heavy (non-hydrogen) atoms. The standard InChI is InChI=1S/C17H21N3O3/c1-12-3-5-13(6-4-12)17-19-14(11-23-17)9-20-7-8-22-15(10-20)16(21)18-2/h3-6,11,15H,7-10H2,1-2H3,(H,18,21). The number of hydrogen-bond donors (Lipinski definition) is 1. The van der Waals surface area contributed by atoms with Gasteiger partial charge in [-0.05, 0) is 19.1 Å². The van der Waals surface area contributed by atoms with Gasteiger partial charge in [0.25, 0.3) is 0 Å². The number of rotatable bonds is 4. The van der Waals surface area contributed by atoms with Gasteiger partial charge in [-0.25, -0.2) is 4.98 Å². The Balaban J connectivity index is 1.64. The molecule has 2 aromatic rings. The average Bonchev–Trinajstić information content (AvgIpc) is 3.03. The highest BCUT2D eigenvalue weighted by Gasteiger charge is 2.26. The molecule has 0 radical (unpaired) electrons. The quantitative estimate of drug-likeness (QED) is 0.928. The summed E-state index contributed by atoms with van der Waals surface area (Å²) in [6, 6.07) is 8.08. The number of aromatic nitrogens is 1. The minimum atomic E-state index is -0.419. The lowest BCUT2D eigenvalue weighted by Crippen LogP contribution is -2.48. The second-order valence-corrected chi connectivity index (χ2v) is 5.72. The number of oxazole rings is 1. The van der Waals surface area contributed by atoms with Gasteiger partial charge in [0, 0.05) is 32.2 Å². The number of carbonyl (C=O) groups is 1. The Labute approximate surface area is 135 Å². The summed E-state index contributed by atoms with van der Waals surface area (Å²) < 4.78 is 11.1. The molecule has 0 saturated carbocycles. The second-order valence-electron chi connectivity index (χ2n) is 5.72. The van der Waals surface area contributed by atoms with Crippen LogP contribution in [0.25, 0.3) is 11.5 Å². The van der Waals surface area contributed by atoms with Crippen LogP contribution in [0.1, 0.15) is 11.3 Å². The van der Waals surface area contributed by atoms with Gasteiger partial charge in [-0.3, -0.25) is 9.69 Å². The SMILES string of the molecule is CNC(=O)C1CN(Cc2coc(-c3ccc(C)cc3)n2)CCO1. The van der Waals surface area contributed by atoms with E-state index in [2.05, 4.69) is 15.2 Å². The van der Waals surface area contributed by atoms with E-state index in [1.807, 2.05) is 31.2 Å². The smallest absolute Gasteiger partial charge is 0.250 e. The zero-order chi connectivity index (χ0) is 16.2. The van der Waals surface area contributed by atoms with E-state index >= 15 is 0 Å². The van der Waals surface area contributed by atoms with Crippen molar-refractivity contribution < 1.29 is 13.9 Å². The number of nitrogens with zero attached hydrogens (tertiary/aromatic N) is 2. The molecule has 1 N–H and O–H groups in total. The monoisotopic (exact) mass is 315 g/mol. The highest BCUT2D eigenvalue weighted by Crippen LogP contribution is 2.20. The van der Waals surface area contributed by atoms with Crippen LogP contribution in [0.4, 0.5) is 0 Å². The van der Waals surface area contributed by atoms with E-state index in [1.165, 1.54) is 5.56 Å². The number of morpholine rings is 1. The summed E-state index contributed by atoms with van der Waals surface area (Å²) in [5.41, 5.74) is 3.03. The van der Waals surface area contributed by atoms with Gasteiger partial charge in [0.05, 0.1) is 12.3 Å². The molecule has 1 amide bonds. The van der Waals surface area contributed by atoms with Crippen LogP contribution in [0.2, 0.25) is 0 Å². The maximum absolute atomic E-state index is 11.7. The normalized spacial score (nSPS) is 18.8. The van der Waals surface area contributed by atoms with Crippen molar-refractivity contribution in [3.63, 3.8) is 0 Å². The molecule has 1 aromatic heterocycles. The van der Waals surface area contributed by atoms with Gasteiger partial charge < -0.3 is 14.5 Å². The lowest BCUT2D eigenvalue weighted by atomic mass is 10.1. The third-order valence-electron chi connectivity index (χ3n) is 3.93. The Morgan fingerprint density at radius 1 is 1.39 bits per heavy atom. The first-order valence-electron chi connectivity index (χ1n) is 7.72. The zero-order valence-electron chi connectivity index (χ0n) is 13.4. The molecule has 1 unspecified atom stereocenters. The summed E-state index contributed by atoms with van der Waals surface area (Å²) in [4.78, 5) is 18.4. The van der Waals surface area contributed by atoms with E-state index in [1.54, 1.807) is 13.3 Å². The Kier molecular flexibility index (Phi) is 4.73. The fourth-order valence-corrected chi connectivity index (χ4v) is 2.60. The Morgan fingerprint density at radius 3 is 2.91 bits per heavy atom. The number of aryl methyl sites for hydroxylation is 1. The molecular formula is C17H21N3O3. The van der Waals surface area contributed by atoms with Crippen molar-refractivity contribution in [2.75, 3.05) is 26.7 Å². The summed E-state index contributed by atoms with van der Waals surface area (Å²) in [6.07, 6.45) is 1.26. The van der Waals surface area contributed by atoms with Crippen LogP contribution in [-0.4, -0.2) is 48.6 Å². The number of amides is 1. The van der Waals surface area contributed by atoms with Gasteiger partial charge in [0.1, 0.15) is 12.4 Å². The van der Waals surface area contributed by atoms with Crippen LogP contribution in [0.15, 0.2) is 34.9 Å². The predicted molar refractivity (Wildman–Crippen MR) is 85.8 cm³/mol. The summed E-state index contributed by atoms with van der Waals surface area (Å²) in [6.45, 7) is 4.58.